The molecule has 1 aliphatic heterocycles. The minimum Gasteiger partial charge on any atom is -0.384 e. The molecule has 0 radical (unpaired) electrons. The highest BCUT2D eigenvalue weighted by molar-refractivity contribution is 5.96. The highest BCUT2D eigenvalue weighted by Gasteiger charge is 2.27. The molecular formula is C26H29F3N4O. The number of carbonyl (C=O) groups excluding carboxylic acids is 1. The van der Waals surface area contributed by atoms with Gasteiger partial charge in [0.15, 0.2) is 0 Å². The number of likely N-dealkylation sites (tertiary alicyclic amines) is 1. The Morgan fingerprint density at radius 1 is 1.00 bits per heavy atom. The number of carbonyl (C=O) groups is 1. The number of aromatic nitrogens is 1. The highest BCUT2D eigenvalue weighted by Crippen LogP contribution is 2.28. The van der Waals surface area contributed by atoms with Crippen molar-refractivity contribution < 1.29 is 18.0 Å². The van der Waals surface area contributed by atoms with E-state index in [0.717, 1.165) is 47.4 Å². The quantitative estimate of drug-likeness (QED) is 0.428. The van der Waals surface area contributed by atoms with Gasteiger partial charge in [-0.2, -0.15) is 13.2 Å². The Kier molecular flexibility index (Phi) is 7.67. The molecule has 8 heteroatoms. The van der Waals surface area contributed by atoms with E-state index in [4.69, 9.17) is 4.98 Å². The van der Waals surface area contributed by atoms with Crippen molar-refractivity contribution in [2.75, 3.05) is 38.0 Å². The van der Waals surface area contributed by atoms with Crippen LogP contribution in [-0.2, 0) is 0 Å². The minimum atomic E-state index is -4.44. The number of anilines is 1. The summed E-state index contributed by atoms with van der Waals surface area (Å²) < 4.78 is 37.1. The number of fused-ring (bicyclic) bond motifs is 1. The third-order valence-corrected chi connectivity index (χ3v) is 6.02. The maximum Gasteiger partial charge on any atom is 0.405 e. The predicted octanol–water partition coefficient (Wildman–Crippen LogP) is 5.48. The van der Waals surface area contributed by atoms with Crippen LogP contribution in [-0.4, -0.2) is 54.7 Å². The van der Waals surface area contributed by atoms with E-state index in [1.165, 1.54) is 44.5 Å². The zero-order valence-electron chi connectivity index (χ0n) is 19.0. The number of hydrogen-bond donors (Lipinski definition) is 2. The van der Waals surface area contributed by atoms with Gasteiger partial charge in [0, 0.05) is 28.7 Å². The van der Waals surface area contributed by atoms with Crippen molar-refractivity contribution in [2.24, 2.45) is 0 Å². The summed E-state index contributed by atoms with van der Waals surface area (Å²) in [6.07, 6.45) is 0.512. The number of para-hydroxylation sites is 1. The zero-order chi connectivity index (χ0) is 24.0. The molecule has 1 aromatic heterocycles. The van der Waals surface area contributed by atoms with Crippen molar-refractivity contribution in [3.8, 4) is 11.3 Å². The van der Waals surface area contributed by atoms with E-state index in [-0.39, 0.29) is 5.56 Å². The summed E-state index contributed by atoms with van der Waals surface area (Å²) in [4.78, 5) is 19.3. The van der Waals surface area contributed by atoms with Gasteiger partial charge in [0.05, 0.1) is 11.2 Å². The topological polar surface area (TPSA) is 57.3 Å². The number of alkyl halides is 3. The second-order valence-electron chi connectivity index (χ2n) is 8.63. The van der Waals surface area contributed by atoms with Crippen LogP contribution in [0.15, 0.2) is 54.6 Å². The van der Waals surface area contributed by atoms with Gasteiger partial charge in [0.25, 0.3) is 5.91 Å². The summed E-state index contributed by atoms with van der Waals surface area (Å²) in [5.74, 6) is -0.758. The fourth-order valence-corrected chi connectivity index (χ4v) is 4.25. The van der Waals surface area contributed by atoms with Crippen molar-refractivity contribution >= 4 is 22.5 Å². The summed E-state index contributed by atoms with van der Waals surface area (Å²) in [6.45, 7) is 2.95. The largest absolute Gasteiger partial charge is 0.405 e. The maximum absolute atomic E-state index is 12.4. The van der Waals surface area contributed by atoms with Gasteiger partial charge in [-0.15, -0.1) is 0 Å². The molecule has 1 saturated heterocycles. The second-order valence-corrected chi connectivity index (χ2v) is 8.63. The van der Waals surface area contributed by atoms with Crippen LogP contribution >= 0.6 is 0 Å². The standard InChI is InChI=1S/C26H29F3N4O/c27-26(28,29)18-31-25(34)20-11-9-19(10-12-20)23-17-24(21-7-2-3-8-22(21)32-23)30-13-6-16-33-14-4-1-5-15-33/h2-3,7-12,17H,1,4-6,13-16,18H2,(H,30,32)(H,31,34). The van der Waals surface area contributed by atoms with Gasteiger partial charge in [-0.25, -0.2) is 4.98 Å². The summed E-state index contributed by atoms with van der Waals surface area (Å²) in [5, 5.41) is 6.49. The van der Waals surface area contributed by atoms with E-state index in [0.29, 0.717) is 0 Å². The van der Waals surface area contributed by atoms with Crippen LogP contribution in [0.25, 0.3) is 22.2 Å². The fraction of sp³-hybridized carbons (Fsp3) is 0.385. The molecule has 3 aromatic rings. The van der Waals surface area contributed by atoms with Gasteiger partial charge in [-0.3, -0.25) is 4.79 Å². The van der Waals surface area contributed by atoms with Crippen LogP contribution in [0.4, 0.5) is 18.9 Å². The fourth-order valence-electron chi connectivity index (χ4n) is 4.25. The molecule has 0 spiro atoms. The SMILES string of the molecule is O=C(NCC(F)(F)F)c1ccc(-c2cc(NCCCN3CCCCC3)c3ccccc3n2)cc1. The van der Waals surface area contributed by atoms with E-state index in [1.807, 2.05) is 35.6 Å². The molecule has 0 atom stereocenters. The molecule has 1 fully saturated rings. The molecule has 180 valence electrons. The van der Waals surface area contributed by atoms with E-state index >= 15 is 0 Å². The van der Waals surface area contributed by atoms with Crippen molar-refractivity contribution in [1.82, 2.24) is 15.2 Å². The number of halogens is 3. The average molecular weight is 471 g/mol. The van der Waals surface area contributed by atoms with E-state index in [2.05, 4.69) is 10.2 Å². The average Bonchev–Trinajstić information content (AvgIpc) is 2.85. The van der Waals surface area contributed by atoms with Crippen molar-refractivity contribution in [1.29, 1.82) is 0 Å². The molecule has 4 rings (SSSR count). The first-order chi connectivity index (χ1) is 16.4. The van der Waals surface area contributed by atoms with Crippen molar-refractivity contribution in [3.63, 3.8) is 0 Å². The van der Waals surface area contributed by atoms with Gasteiger partial charge in [0.1, 0.15) is 6.54 Å². The highest BCUT2D eigenvalue weighted by atomic mass is 19.4. The van der Waals surface area contributed by atoms with Gasteiger partial charge in [-0.05, 0) is 63.2 Å². The Bertz CT molecular complexity index is 1110. The summed E-state index contributed by atoms with van der Waals surface area (Å²) in [6, 6.07) is 16.4. The number of hydrogen-bond acceptors (Lipinski definition) is 4. The number of nitrogens with one attached hydrogen (secondary N) is 2. The van der Waals surface area contributed by atoms with Crippen LogP contribution in [0.2, 0.25) is 0 Å². The van der Waals surface area contributed by atoms with Crippen molar-refractivity contribution in [3.05, 3.63) is 60.2 Å². The Balaban J connectivity index is 1.46. The maximum atomic E-state index is 12.4. The Morgan fingerprint density at radius 3 is 2.47 bits per heavy atom. The van der Waals surface area contributed by atoms with Crippen LogP contribution in [0.5, 0.6) is 0 Å². The molecule has 2 heterocycles. The molecule has 0 saturated carbocycles. The lowest BCUT2D eigenvalue weighted by molar-refractivity contribution is -0.123. The smallest absolute Gasteiger partial charge is 0.384 e. The molecule has 2 aromatic carbocycles. The number of benzene rings is 2. The first kappa shape index (κ1) is 24.0. The van der Waals surface area contributed by atoms with Crippen LogP contribution in [0.3, 0.4) is 0 Å². The van der Waals surface area contributed by atoms with Crippen LogP contribution in [0, 0.1) is 0 Å². The molecule has 1 amide bonds. The Hall–Kier alpha value is -3.13. The Labute approximate surface area is 197 Å². The van der Waals surface area contributed by atoms with E-state index in [1.54, 1.807) is 12.1 Å². The van der Waals surface area contributed by atoms with Gasteiger partial charge in [-0.1, -0.05) is 36.8 Å². The predicted molar refractivity (Wildman–Crippen MR) is 129 cm³/mol. The zero-order valence-corrected chi connectivity index (χ0v) is 19.0. The summed E-state index contributed by atoms with van der Waals surface area (Å²) in [7, 11) is 0. The van der Waals surface area contributed by atoms with Crippen LogP contribution < -0.4 is 10.6 Å². The lowest BCUT2D eigenvalue weighted by Crippen LogP contribution is -2.33. The minimum absolute atomic E-state index is 0.171. The third kappa shape index (κ3) is 6.47. The Morgan fingerprint density at radius 2 is 1.74 bits per heavy atom. The number of piperidine rings is 1. The number of rotatable bonds is 8. The summed E-state index contributed by atoms with van der Waals surface area (Å²) in [5.41, 5.74) is 3.54. The van der Waals surface area contributed by atoms with E-state index < -0.39 is 18.6 Å². The molecule has 34 heavy (non-hydrogen) atoms. The van der Waals surface area contributed by atoms with Crippen molar-refractivity contribution in [2.45, 2.75) is 31.9 Å². The molecule has 0 unspecified atom stereocenters. The molecule has 2 N–H and O–H groups in total. The van der Waals surface area contributed by atoms with Gasteiger partial charge in [0.2, 0.25) is 0 Å². The number of pyridine rings is 1. The molecular weight excluding hydrogens is 441 g/mol. The number of amides is 1. The van der Waals surface area contributed by atoms with Crippen LogP contribution in [0.1, 0.15) is 36.0 Å². The lowest BCUT2D eigenvalue weighted by Gasteiger charge is -2.26. The normalized spacial score (nSPS) is 14.8. The molecule has 0 aliphatic carbocycles. The molecule has 0 bridgehead atoms. The monoisotopic (exact) mass is 470 g/mol. The molecule has 1 aliphatic rings. The van der Waals surface area contributed by atoms with E-state index in [9.17, 15) is 18.0 Å². The lowest BCUT2D eigenvalue weighted by atomic mass is 10.1. The number of nitrogens with zero attached hydrogens (tertiary/aromatic N) is 2. The third-order valence-electron chi connectivity index (χ3n) is 6.02. The first-order valence-electron chi connectivity index (χ1n) is 11.7. The molecule has 5 nitrogen and oxygen atoms in total. The van der Waals surface area contributed by atoms with Gasteiger partial charge < -0.3 is 15.5 Å². The first-order valence-corrected chi connectivity index (χ1v) is 11.7. The second kappa shape index (κ2) is 10.9. The summed E-state index contributed by atoms with van der Waals surface area (Å²) >= 11 is 0. The van der Waals surface area contributed by atoms with Gasteiger partial charge >= 0.3 is 6.18 Å².